The molecule has 5 rings (SSSR count). The Balaban J connectivity index is 1.35. The van der Waals surface area contributed by atoms with Crippen molar-refractivity contribution < 1.29 is 0 Å². The van der Waals surface area contributed by atoms with E-state index in [-0.39, 0.29) is 0 Å². The molecule has 4 aromatic heterocycles. The van der Waals surface area contributed by atoms with E-state index in [1.54, 1.807) is 31.1 Å². The van der Waals surface area contributed by atoms with Gasteiger partial charge >= 0.3 is 0 Å². The van der Waals surface area contributed by atoms with Crippen molar-refractivity contribution in [3.8, 4) is 22.5 Å². The molecule has 1 aromatic carbocycles. The topological polar surface area (TPSA) is 89.4 Å². The van der Waals surface area contributed by atoms with Crippen LogP contribution in [0, 0.1) is 6.92 Å². The molecule has 31 heavy (non-hydrogen) atoms. The number of rotatable bonds is 5. The molecule has 0 unspecified atom stereocenters. The van der Waals surface area contributed by atoms with Crippen LogP contribution < -0.4 is 5.32 Å². The first-order valence-electron chi connectivity index (χ1n) is 9.89. The van der Waals surface area contributed by atoms with Crippen molar-refractivity contribution in [1.29, 1.82) is 0 Å². The molecule has 7 heteroatoms. The number of pyridine rings is 2. The molecule has 7 nitrogen and oxygen atoms in total. The number of aryl methyl sites for hydroxylation is 1. The molecule has 0 saturated carbocycles. The highest BCUT2D eigenvalue weighted by molar-refractivity contribution is 5.91. The van der Waals surface area contributed by atoms with Crippen LogP contribution >= 0.6 is 0 Å². The van der Waals surface area contributed by atoms with E-state index in [0.717, 1.165) is 50.5 Å². The zero-order chi connectivity index (χ0) is 21.0. The number of nitrogens with zero attached hydrogens (tertiary/aromatic N) is 6. The molecule has 0 atom stereocenters. The predicted octanol–water partition coefficient (Wildman–Crippen LogP) is 4.46. The summed E-state index contributed by atoms with van der Waals surface area (Å²) in [6, 6.07) is 14.1. The maximum atomic E-state index is 4.60. The van der Waals surface area contributed by atoms with Crippen LogP contribution in [-0.2, 0) is 6.54 Å². The van der Waals surface area contributed by atoms with Gasteiger partial charge in [-0.15, -0.1) is 0 Å². The molecule has 1 N–H and O–H groups in total. The van der Waals surface area contributed by atoms with Gasteiger partial charge in [0.05, 0.1) is 23.1 Å². The Labute approximate surface area is 179 Å². The van der Waals surface area contributed by atoms with Gasteiger partial charge in [-0.1, -0.05) is 12.1 Å². The molecule has 5 aromatic rings. The van der Waals surface area contributed by atoms with Gasteiger partial charge in [0.1, 0.15) is 12.1 Å². The Morgan fingerprint density at radius 1 is 0.742 bits per heavy atom. The molecule has 0 amide bonds. The van der Waals surface area contributed by atoms with Crippen molar-refractivity contribution >= 4 is 16.7 Å². The minimum Gasteiger partial charge on any atom is -0.365 e. The van der Waals surface area contributed by atoms with Crippen molar-refractivity contribution in [3.05, 3.63) is 91.0 Å². The van der Waals surface area contributed by atoms with E-state index in [2.05, 4.69) is 41.3 Å². The van der Waals surface area contributed by atoms with Crippen LogP contribution in [0.25, 0.3) is 33.4 Å². The molecule has 0 fully saturated rings. The van der Waals surface area contributed by atoms with Crippen molar-refractivity contribution in [3.63, 3.8) is 0 Å². The smallest absolute Gasteiger partial charge is 0.137 e. The van der Waals surface area contributed by atoms with Crippen molar-refractivity contribution in [1.82, 2.24) is 29.9 Å². The summed E-state index contributed by atoms with van der Waals surface area (Å²) in [6.45, 7) is 2.59. The van der Waals surface area contributed by atoms with Gasteiger partial charge in [-0.2, -0.15) is 0 Å². The standard InChI is InChI=1S/C24H19N7/c1-16-10-19(6-7-26-16)21-5-2-17(12-28-21)13-29-24-20-4-3-18(11-22(20)30-15-31-24)23-14-25-8-9-27-23/h2-12,14-15H,13H2,1H3,(H,29,30,31). The summed E-state index contributed by atoms with van der Waals surface area (Å²) in [6.07, 6.45) is 10.3. The van der Waals surface area contributed by atoms with Gasteiger partial charge in [-0.3, -0.25) is 19.9 Å². The van der Waals surface area contributed by atoms with E-state index < -0.39 is 0 Å². The average molecular weight is 405 g/mol. The molecule has 4 heterocycles. The SMILES string of the molecule is Cc1cc(-c2ccc(CNc3ncnc4cc(-c5cnccn5)ccc34)cn2)ccn1. The maximum Gasteiger partial charge on any atom is 0.137 e. The summed E-state index contributed by atoms with van der Waals surface area (Å²) in [4.78, 5) is 26.2. The second-order valence-electron chi connectivity index (χ2n) is 7.14. The molecule has 0 aliphatic rings. The lowest BCUT2D eigenvalue weighted by molar-refractivity contribution is 1.08. The summed E-state index contributed by atoms with van der Waals surface area (Å²) in [7, 11) is 0. The highest BCUT2D eigenvalue weighted by Crippen LogP contribution is 2.25. The maximum absolute atomic E-state index is 4.60. The molecular formula is C24H19N7. The first kappa shape index (κ1) is 18.7. The Bertz CT molecular complexity index is 1340. The summed E-state index contributed by atoms with van der Waals surface area (Å²) < 4.78 is 0. The quantitative estimate of drug-likeness (QED) is 0.461. The lowest BCUT2D eigenvalue weighted by atomic mass is 10.1. The Morgan fingerprint density at radius 3 is 2.48 bits per heavy atom. The highest BCUT2D eigenvalue weighted by atomic mass is 15.0. The van der Waals surface area contributed by atoms with E-state index in [1.165, 1.54) is 0 Å². The van der Waals surface area contributed by atoms with Crippen LogP contribution in [0.2, 0.25) is 0 Å². The van der Waals surface area contributed by atoms with Gasteiger partial charge in [0.15, 0.2) is 0 Å². The summed E-state index contributed by atoms with van der Waals surface area (Å²) in [5, 5.41) is 4.35. The third kappa shape index (κ3) is 4.06. The number of hydrogen-bond acceptors (Lipinski definition) is 7. The fraction of sp³-hybridized carbons (Fsp3) is 0.0833. The minimum atomic E-state index is 0.612. The zero-order valence-corrected chi connectivity index (χ0v) is 16.9. The van der Waals surface area contributed by atoms with Gasteiger partial charge in [0.25, 0.3) is 0 Å². The molecular weight excluding hydrogens is 386 g/mol. The summed E-state index contributed by atoms with van der Waals surface area (Å²) in [5.74, 6) is 0.782. The second kappa shape index (κ2) is 8.23. The van der Waals surface area contributed by atoms with E-state index in [0.29, 0.717) is 6.54 Å². The molecule has 0 saturated heterocycles. The van der Waals surface area contributed by atoms with Gasteiger partial charge in [-0.25, -0.2) is 9.97 Å². The van der Waals surface area contributed by atoms with E-state index >= 15 is 0 Å². The third-order valence-corrected chi connectivity index (χ3v) is 4.97. The fourth-order valence-electron chi connectivity index (χ4n) is 3.40. The minimum absolute atomic E-state index is 0.612. The largest absolute Gasteiger partial charge is 0.365 e. The molecule has 0 radical (unpaired) electrons. The van der Waals surface area contributed by atoms with E-state index in [4.69, 9.17) is 0 Å². The van der Waals surface area contributed by atoms with Gasteiger partial charge in [-0.05, 0) is 42.8 Å². The third-order valence-electron chi connectivity index (χ3n) is 4.97. The van der Waals surface area contributed by atoms with Gasteiger partial charge in [0.2, 0.25) is 0 Å². The molecule has 0 bridgehead atoms. The van der Waals surface area contributed by atoms with Crippen LogP contribution in [-0.4, -0.2) is 29.9 Å². The Morgan fingerprint density at radius 2 is 1.68 bits per heavy atom. The second-order valence-corrected chi connectivity index (χ2v) is 7.14. The van der Waals surface area contributed by atoms with Crippen LogP contribution in [0.15, 0.2) is 79.8 Å². The molecule has 150 valence electrons. The Hall–Kier alpha value is -4.26. The lowest BCUT2D eigenvalue weighted by Gasteiger charge is -2.10. The van der Waals surface area contributed by atoms with Crippen molar-refractivity contribution in [2.24, 2.45) is 0 Å². The summed E-state index contributed by atoms with van der Waals surface area (Å²) >= 11 is 0. The number of nitrogens with one attached hydrogen (secondary N) is 1. The Kier molecular flexibility index (Phi) is 4.98. The van der Waals surface area contributed by atoms with Crippen molar-refractivity contribution in [2.75, 3.05) is 5.32 Å². The normalized spacial score (nSPS) is 10.9. The van der Waals surface area contributed by atoms with Gasteiger partial charge < -0.3 is 5.32 Å². The zero-order valence-electron chi connectivity index (χ0n) is 16.9. The van der Waals surface area contributed by atoms with Crippen LogP contribution in [0.5, 0.6) is 0 Å². The first-order valence-corrected chi connectivity index (χ1v) is 9.89. The number of anilines is 1. The van der Waals surface area contributed by atoms with Crippen LogP contribution in [0.3, 0.4) is 0 Å². The molecule has 0 aliphatic carbocycles. The fourth-order valence-corrected chi connectivity index (χ4v) is 3.40. The monoisotopic (exact) mass is 405 g/mol. The van der Waals surface area contributed by atoms with Crippen LogP contribution in [0.1, 0.15) is 11.3 Å². The number of aromatic nitrogens is 6. The van der Waals surface area contributed by atoms with E-state index in [9.17, 15) is 0 Å². The summed E-state index contributed by atoms with van der Waals surface area (Å²) in [5.41, 5.74) is 6.67. The van der Waals surface area contributed by atoms with E-state index in [1.807, 2.05) is 49.5 Å². The van der Waals surface area contributed by atoms with Crippen molar-refractivity contribution in [2.45, 2.75) is 13.5 Å². The number of benzene rings is 1. The average Bonchev–Trinajstić information content (AvgIpc) is 2.83. The number of hydrogen-bond donors (Lipinski definition) is 1. The first-order chi connectivity index (χ1) is 15.3. The highest BCUT2D eigenvalue weighted by Gasteiger charge is 2.07. The van der Waals surface area contributed by atoms with Gasteiger partial charge in [0, 0.05) is 53.5 Å². The molecule has 0 aliphatic heterocycles. The predicted molar refractivity (Wildman–Crippen MR) is 120 cm³/mol. The van der Waals surface area contributed by atoms with Crippen LogP contribution in [0.4, 0.5) is 5.82 Å². The lowest BCUT2D eigenvalue weighted by Crippen LogP contribution is -2.03. The molecule has 0 spiro atoms. The number of fused-ring (bicyclic) bond motifs is 1.